The summed E-state index contributed by atoms with van der Waals surface area (Å²) in [6.45, 7) is 3.29. The minimum absolute atomic E-state index is 0.249. The highest BCUT2D eigenvalue weighted by molar-refractivity contribution is 6.18. The number of anilines is 1. The normalized spacial score (nSPS) is 20.0. The Morgan fingerprint density at radius 1 is 1.08 bits per heavy atom. The number of rotatable bonds is 9. The lowest BCUT2D eigenvalue weighted by Gasteiger charge is -2.23. The molecule has 5 nitrogen and oxygen atoms in total. The molecule has 0 radical (unpaired) electrons. The molecule has 1 aromatic carbocycles. The van der Waals surface area contributed by atoms with Gasteiger partial charge in [-0.3, -0.25) is 10.1 Å². The number of alkyl halides is 2. The predicted octanol–water partition coefficient (Wildman–Crippen LogP) is 2.89. The van der Waals surface area contributed by atoms with Gasteiger partial charge in [-0.05, 0) is 43.9 Å². The van der Waals surface area contributed by atoms with Gasteiger partial charge in [-0.1, -0.05) is 12.1 Å². The highest BCUT2D eigenvalue weighted by Gasteiger charge is 2.40. The average molecular weight is 372 g/mol. The van der Waals surface area contributed by atoms with Crippen molar-refractivity contribution in [3.63, 3.8) is 0 Å². The lowest BCUT2D eigenvalue weighted by Crippen LogP contribution is -2.43. The first-order valence-corrected chi connectivity index (χ1v) is 9.15. The second-order valence-electron chi connectivity index (χ2n) is 6.13. The average Bonchev–Trinajstić information content (AvgIpc) is 2.80. The van der Waals surface area contributed by atoms with Crippen molar-refractivity contribution in [1.82, 2.24) is 10.6 Å². The topological polar surface area (TPSA) is 61.4 Å². The van der Waals surface area contributed by atoms with E-state index in [4.69, 9.17) is 23.2 Å². The lowest BCUT2D eigenvalue weighted by atomic mass is 9.94. The Balaban J connectivity index is 1.88. The van der Waals surface area contributed by atoms with Crippen LogP contribution < -0.4 is 15.5 Å². The van der Waals surface area contributed by atoms with Gasteiger partial charge in [0.05, 0.1) is 0 Å². The van der Waals surface area contributed by atoms with E-state index >= 15 is 0 Å². The smallest absolute Gasteiger partial charge is 0.322 e. The van der Waals surface area contributed by atoms with Crippen molar-refractivity contribution in [2.24, 2.45) is 0 Å². The first-order chi connectivity index (χ1) is 11.5. The predicted molar refractivity (Wildman–Crippen MR) is 98.1 cm³/mol. The molecule has 1 saturated heterocycles. The van der Waals surface area contributed by atoms with Crippen molar-refractivity contribution in [1.29, 1.82) is 0 Å². The zero-order valence-corrected chi connectivity index (χ0v) is 15.3. The third-order valence-electron chi connectivity index (χ3n) is 4.27. The van der Waals surface area contributed by atoms with Crippen LogP contribution in [0.15, 0.2) is 24.3 Å². The summed E-state index contributed by atoms with van der Waals surface area (Å²) >= 11 is 11.7. The molecule has 1 atom stereocenters. The molecule has 1 fully saturated rings. The summed E-state index contributed by atoms with van der Waals surface area (Å²) in [4.78, 5) is 25.2. The number of urea groups is 1. The number of hydrogen-bond donors (Lipinski definition) is 2. The minimum Gasteiger partial charge on any atom is -0.369 e. The Morgan fingerprint density at radius 3 is 2.21 bits per heavy atom. The fourth-order valence-electron chi connectivity index (χ4n) is 2.85. The van der Waals surface area contributed by atoms with Crippen LogP contribution in [0.5, 0.6) is 0 Å². The summed E-state index contributed by atoms with van der Waals surface area (Å²) in [5.74, 6) is 0.872. The van der Waals surface area contributed by atoms with Gasteiger partial charge in [-0.2, -0.15) is 0 Å². The van der Waals surface area contributed by atoms with Gasteiger partial charge in [0.2, 0.25) is 0 Å². The molecule has 1 aliphatic heterocycles. The molecule has 0 aromatic heterocycles. The number of halogens is 2. The standard InChI is InChI=1S/C17H23Cl2N3O2/c1-17(15(23)20-16(24)21-17)8-2-3-13-4-6-14(7-5-13)22(11-9-18)12-10-19/h4-7H,2-3,8-12H2,1H3,(H2,20,21,23,24)/t17-/m0/s1. The van der Waals surface area contributed by atoms with Gasteiger partial charge in [0.25, 0.3) is 5.91 Å². The van der Waals surface area contributed by atoms with Crippen molar-refractivity contribution in [3.05, 3.63) is 29.8 Å². The summed E-state index contributed by atoms with van der Waals surface area (Å²) in [6, 6.07) is 7.90. The van der Waals surface area contributed by atoms with Crippen molar-refractivity contribution in [2.75, 3.05) is 29.7 Å². The summed E-state index contributed by atoms with van der Waals surface area (Å²) in [5, 5.41) is 4.97. The number of benzene rings is 1. The molecule has 0 unspecified atom stereocenters. The number of imide groups is 1. The zero-order valence-electron chi connectivity index (χ0n) is 13.8. The third kappa shape index (κ3) is 4.77. The monoisotopic (exact) mass is 371 g/mol. The van der Waals surface area contributed by atoms with Crippen LogP contribution in [0.3, 0.4) is 0 Å². The molecule has 0 saturated carbocycles. The van der Waals surface area contributed by atoms with Gasteiger partial charge in [0, 0.05) is 30.5 Å². The van der Waals surface area contributed by atoms with Crippen LogP contribution in [-0.4, -0.2) is 42.3 Å². The summed E-state index contributed by atoms with van der Waals surface area (Å²) in [5.41, 5.74) is 1.51. The summed E-state index contributed by atoms with van der Waals surface area (Å²) in [7, 11) is 0. The molecular formula is C17H23Cl2N3O2. The van der Waals surface area contributed by atoms with E-state index in [1.807, 2.05) is 0 Å². The van der Waals surface area contributed by atoms with Crippen LogP contribution in [0.25, 0.3) is 0 Å². The second-order valence-corrected chi connectivity index (χ2v) is 6.88. The maximum absolute atomic E-state index is 11.8. The Labute approximate surface area is 152 Å². The third-order valence-corrected chi connectivity index (χ3v) is 4.61. The van der Waals surface area contributed by atoms with Crippen LogP contribution in [-0.2, 0) is 11.2 Å². The molecule has 7 heteroatoms. The van der Waals surface area contributed by atoms with Gasteiger partial charge < -0.3 is 10.2 Å². The van der Waals surface area contributed by atoms with Gasteiger partial charge in [-0.15, -0.1) is 23.2 Å². The van der Waals surface area contributed by atoms with Gasteiger partial charge in [0.1, 0.15) is 5.54 Å². The molecule has 132 valence electrons. The Morgan fingerprint density at radius 2 is 1.71 bits per heavy atom. The molecule has 3 amide bonds. The van der Waals surface area contributed by atoms with E-state index in [0.717, 1.165) is 31.6 Å². The quantitative estimate of drug-likeness (QED) is 0.518. The number of amides is 3. The molecule has 2 rings (SSSR count). The van der Waals surface area contributed by atoms with Crippen LogP contribution in [0.4, 0.5) is 10.5 Å². The number of hydrogen-bond acceptors (Lipinski definition) is 3. The van der Waals surface area contributed by atoms with Crippen molar-refractivity contribution < 1.29 is 9.59 Å². The first-order valence-electron chi connectivity index (χ1n) is 8.08. The van der Waals surface area contributed by atoms with Gasteiger partial charge >= 0.3 is 6.03 Å². The van der Waals surface area contributed by atoms with Crippen LogP contribution in [0.1, 0.15) is 25.3 Å². The maximum Gasteiger partial charge on any atom is 0.322 e. The highest BCUT2D eigenvalue weighted by Crippen LogP contribution is 2.20. The van der Waals surface area contributed by atoms with Crippen LogP contribution >= 0.6 is 23.2 Å². The number of nitrogens with one attached hydrogen (secondary N) is 2. The molecule has 0 bridgehead atoms. The fraction of sp³-hybridized carbons (Fsp3) is 0.529. The SMILES string of the molecule is C[C@@]1(CCCc2ccc(N(CCCl)CCCl)cc2)NC(=O)NC1=O. The molecule has 1 heterocycles. The summed E-state index contributed by atoms with van der Waals surface area (Å²) < 4.78 is 0. The van der Waals surface area contributed by atoms with E-state index in [1.165, 1.54) is 5.56 Å². The zero-order chi connectivity index (χ0) is 17.6. The summed E-state index contributed by atoms with van der Waals surface area (Å²) in [6.07, 6.45) is 2.28. The number of aryl methyl sites for hydroxylation is 1. The van der Waals surface area contributed by atoms with Gasteiger partial charge in [-0.25, -0.2) is 4.79 Å². The molecule has 24 heavy (non-hydrogen) atoms. The minimum atomic E-state index is -0.797. The van der Waals surface area contributed by atoms with E-state index in [0.29, 0.717) is 18.2 Å². The first kappa shape index (κ1) is 18.9. The van der Waals surface area contributed by atoms with E-state index in [2.05, 4.69) is 39.8 Å². The molecule has 1 aliphatic rings. The van der Waals surface area contributed by atoms with E-state index < -0.39 is 11.6 Å². The maximum atomic E-state index is 11.8. The van der Waals surface area contributed by atoms with Crippen molar-refractivity contribution in [3.8, 4) is 0 Å². The van der Waals surface area contributed by atoms with E-state index in [9.17, 15) is 9.59 Å². The molecule has 0 aliphatic carbocycles. The lowest BCUT2D eigenvalue weighted by molar-refractivity contribution is -0.123. The molecule has 0 spiro atoms. The fourth-order valence-corrected chi connectivity index (χ4v) is 3.26. The van der Waals surface area contributed by atoms with Crippen LogP contribution in [0, 0.1) is 0 Å². The highest BCUT2D eigenvalue weighted by atomic mass is 35.5. The molecule has 1 aromatic rings. The number of nitrogens with zero attached hydrogens (tertiary/aromatic N) is 1. The number of carbonyl (C=O) groups is 2. The number of carbonyl (C=O) groups excluding carboxylic acids is 2. The Bertz CT molecular complexity index is 574. The molecular weight excluding hydrogens is 349 g/mol. The largest absolute Gasteiger partial charge is 0.369 e. The Hall–Kier alpha value is -1.46. The van der Waals surface area contributed by atoms with Crippen molar-refractivity contribution >= 4 is 40.8 Å². The van der Waals surface area contributed by atoms with E-state index in [1.54, 1.807) is 6.92 Å². The van der Waals surface area contributed by atoms with Crippen LogP contribution in [0.2, 0.25) is 0 Å². The van der Waals surface area contributed by atoms with E-state index in [-0.39, 0.29) is 5.91 Å². The van der Waals surface area contributed by atoms with Gasteiger partial charge in [0.15, 0.2) is 0 Å². The molecule has 2 N–H and O–H groups in total. The van der Waals surface area contributed by atoms with Crippen molar-refractivity contribution in [2.45, 2.75) is 31.7 Å². The Kier molecular flexibility index (Phi) is 6.75. The second kappa shape index (κ2) is 8.58.